The van der Waals surface area contributed by atoms with Gasteiger partial charge < -0.3 is 20.5 Å². The molecule has 1 unspecified atom stereocenters. The fraction of sp³-hybridized carbons (Fsp3) is 0.250. The Morgan fingerprint density at radius 1 is 0.950 bits per heavy atom. The van der Waals surface area contributed by atoms with Crippen LogP contribution in [0, 0.1) is 5.41 Å². The van der Waals surface area contributed by atoms with E-state index in [2.05, 4.69) is 15.6 Å². The number of Topliss-reactive ketones (excluding diaryl/α,β-unsaturated/α-hetero) is 1. The predicted octanol–water partition coefficient (Wildman–Crippen LogP) is 3.52. The van der Waals surface area contributed by atoms with Crippen molar-refractivity contribution in [2.75, 3.05) is 11.9 Å². The average Bonchev–Trinajstić information content (AvgIpc) is 2.91. The van der Waals surface area contributed by atoms with Gasteiger partial charge in [0.15, 0.2) is 17.3 Å². The van der Waals surface area contributed by atoms with Gasteiger partial charge in [-0.2, -0.15) is 0 Å². The van der Waals surface area contributed by atoms with Crippen molar-refractivity contribution in [2.24, 2.45) is 5.73 Å². The number of benzene rings is 3. The number of sulfonamides is 1. The molecule has 0 spiro atoms. The van der Waals surface area contributed by atoms with Crippen molar-refractivity contribution in [1.82, 2.24) is 10.3 Å². The van der Waals surface area contributed by atoms with Crippen molar-refractivity contribution in [3.05, 3.63) is 83.4 Å². The van der Waals surface area contributed by atoms with Gasteiger partial charge in [0.2, 0.25) is 0 Å². The van der Waals surface area contributed by atoms with Gasteiger partial charge in [-0.15, -0.1) is 4.83 Å². The van der Waals surface area contributed by atoms with Crippen LogP contribution in [0.25, 0.3) is 0 Å². The van der Waals surface area contributed by atoms with Gasteiger partial charge in [-0.05, 0) is 81.8 Å². The maximum Gasteiger partial charge on any atom is 0.262 e. The van der Waals surface area contributed by atoms with Gasteiger partial charge in [0.05, 0.1) is 17.6 Å². The van der Waals surface area contributed by atoms with Crippen molar-refractivity contribution in [3.8, 4) is 11.5 Å². The number of ketones is 1. The highest BCUT2D eigenvalue weighted by Gasteiger charge is 2.25. The molecule has 0 saturated carbocycles. The summed E-state index contributed by atoms with van der Waals surface area (Å²) in [5.41, 5.74) is 9.67. The molecule has 0 aliphatic rings. The molecule has 0 aromatic heterocycles. The van der Waals surface area contributed by atoms with E-state index in [0.29, 0.717) is 40.5 Å². The number of ether oxygens (including phenoxy) is 2. The number of carbonyl (C=O) groups excluding carboxylic acids is 2. The largest absolute Gasteiger partial charge is 0.490 e. The van der Waals surface area contributed by atoms with Crippen molar-refractivity contribution in [2.45, 2.75) is 44.7 Å². The monoisotopic (exact) mass is 567 g/mol. The van der Waals surface area contributed by atoms with Crippen LogP contribution in [0.1, 0.15) is 55.2 Å². The zero-order valence-electron chi connectivity index (χ0n) is 22.6. The zero-order chi connectivity index (χ0) is 29.4. The summed E-state index contributed by atoms with van der Waals surface area (Å²) < 4.78 is 37.2. The third-order valence-corrected chi connectivity index (χ3v) is 6.88. The molecule has 0 radical (unpaired) electrons. The Balaban J connectivity index is 1.91. The zero-order valence-corrected chi connectivity index (χ0v) is 23.5. The lowest BCUT2D eigenvalue weighted by Gasteiger charge is -2.22. The number of amidine groups is 1. The van der Waals surface area contributed by atoms with Crippen LogP contribution in [0.2, 0.25) is 0 Å². The molecule has 11 nitrogen and oxygen atoms in total. The van der Waals surface area contributed by atoms with Crippen molar-refractivity contribution in [3.63, 3.8) is 0 Å². The Morgan fingerprint density at radius 2 is 1.57 bits per heavy atom. The van der Waals surface area contributed by atoms with E-state index < -0.39 is 22.0 Å². The molecule has 0 aliphatic heterocycles. The van der Waals surface area contributed by atoms with Crippen LogP contribution in [0.3, 0.4) is 0 Å². The maximum atomic E-state index is 13.4. The van der Waals surface area contributed by atoms with Crippen molar-refractivity contribution < 1.29 is 27.5 Å². The van der Waals surface area contributed by atoms with Crippen molar-refractivity contribution in [1.29, 1.82) is 5.41 Å². The second-order valence-electron chi connectivity index (χ2n) is 9.05. The molecular weight excluding hydrogens is 534 g/mol. The fourth-order valence-corrected chi connectivity index (χ4v) is 4.50. The second kappa shape index (κ2) is 13.1. The topological polar surface area (TPSA) is 173 Å². The first-order valence-corrected chi connectivity index (χ1v) is 14.0. The molecule has 6 N–H and O–H groups in total. The third-order valence-electron chi connectivity index (χ3n) is 5.61. The van der Waals surface area contributed by atoms with Crippen molar-refractivity contribution >= 4 is 33.2 Å². The summed E-state index contributed by atoms with van der Waals surface area (Å²) in [4.78, 5) is 26.9. The van der Waals surface area contributed by atoms with Gasteiger partial charge in [-0.3, -0.25) is 20.4 Å². The third kappa shape index (κ3) is 7.80. The highest BCUT2D eigenvalue weighted by molar-refractivity contribution is 7.89. The minimum atomic E-state index is -4.14. The lowest BCUT2D eigenvalue weighted by molar-refractivity contribution is -0.122. The molecule has 0 fully saturated rings. The number of nitrogen functional groups attached to an aromatic ring is 1. The quantitative estimate of drug-likeness (QED) is 0.0903. The summed E-state index contributed by atoms with van der Waals surface area (Å²) in [5, 5.41) is 10.7. The van der Waals surface area contributed by atoms with Gasteiger partial charge in [0.1, 0.15) is 11.9 Å². The van der Waals surface area contributed by atoms with E-state index in [4.69, 9.17) is 20.6 Å². The molecule has 12 heteroatoms. The molecule has 40 heavy (non-hydrogen) atoms. The summed E-state index contributed by atoms with van der Waals surface area (Å²) in [7, 11) is -4.14. The molecule has 3 aromatic carbocycles. The van der Waals surface area contributed by atoms with Gasteiger partial charge in [-0.1, -0.05) is 18.2 Å². The lowest BCUT2D eigenvalue weighted by atomic mass is 10.0. The maximum absolute atomic E-state index is 13.4. The summed E-state index contributed by atoms with van der Waals surface area (Å²) >= 11 is 0. The van der Waals surface area contributed by atoms with Crippen LogP contribution >= 0.6 is 0 Å². The Morgan fingerprint density at radius 3 is 2.12 bits per heavy atom. The van der Waals surface area contributed by atoms with Gasteiger partial charge in [0, 0.05) is 16.8 Å². The summed E-state index contributed by atoms with van der Waals surface area (Å²) in [6.07, 6.45) is -0.110. The number of amides is 1. The smallest absolute Gasteiger partial charge is 0.262 e. The van der Waals surface area contributed by atoms with E-state index in [-0.39, 0.29) is 22.6 Å². The van der Waals surface area contributed by atoms with Crippen LogP contribution in [-0.4, -0.2) is 38.7 Å². The lowest BCUT2D eigenvalue weighted by Crippen LogP contribution is -2.45. The first-order chi connectivity index (χ1) is 18.9. The van der Waals surface area contributed by atoms with Crippen LogP contribution in [0.5, 0.6) is 11.5 Å². The summed E-state index contributed by atoms with van der Waals surface area (Å²) in [6.45, 7) is 7.32. The van der Waals surface area contributed by atoms with Gasteiger partial charge in [-0.25, -0.2) is 8.42 Å². The first kappa shape index (κ1) is 30.1. The Labute approximate surface area is 233 Å². The van der Waals surface area contributed by atoms with E-state index >= 15 is 0 Å². The molecule has 0 aliphatic carbocycles. The number of carbonyl (C=O) groups is 2. The fourth-order valence-electron chi connectivity index (χ4n) is 3.65. The van der Waals surface area contributed by atoms with Crippen LogP contribution in [0.4, 0.5) is 5.69 Å². The molecular formula is C28H33N5O6S. The number of nitrogens with two attached hydrogens (primary N) is 1. The normalized spacial score (nSPS) is 11.9. The molecule has 212 valence electrons. The first-order valence-electron chi connectivity index (χ1n) is 12.5. The SMILES string of the molecule is CCOc1cc(C(Nc2ccc(C(=N)N)cc2)C(=O)NNS(=O)(=O)c2ccc(C(C)=O)cc2)ccc1OC(C)C. The molecule has 3 aromatic rings. The number of rotatable bonds is 13. The Kier molecular flexibility index (Phi) is 9.86. The second-order valence-corrected chi connectivity index (χ2v) is 10.7. The number of hydrazine groups is 1. The van der Waals surface area contributed by atoms with E-state index in [9.17, 15) is 18.0 Å². The number of hydrogen-bond acceptors (Lipinski definition) is 8. The van der Waals surface area contributed by atoms with Crippen LogP contribution in [0.15, 0.2) is 71.6 Å². The Hall–Kier alpha value is -4.42. The van der Waals surface area contributed by atoms with E-state index in [1.807, 2.05) is 20.8 Å². The van der Waals surface area contributed by atoms with Crippen LogP contribution in [-0.2, 0) is 14.8 Å². The van der Waals surface area contributed by atoms with Crippen LogP contribution < -0.4 is 30.8 Å². The summed E-state index contributed by atoms with van der Waals surface area (Å²) in [5.74, 6) is -0.0911. The standard InChI is InChI=1S/C28H33N5O6S/c1-5-38-25-16-21(10-15-24(25)39-17(2)3)26(31-22-11-6-20(7-12-22)27(29)30)28(35)32-33-40(36,37)23-13-8-19(9-14-23)18(4)34/h6-17,26,31,33H,5H2,1-4H3,(H3,29,30)(H,32,35). The van der Waals surface area contributed by atoms with E-state index in [1.54, 1.807) is 42.5 Å². The molecule has 0 saturated heterocycles. The Bertz CT molecular complexity index is 1470. The average molecular weight is 568 g/mol. The number of anilines is 1. The molecule has 0 heterocycles. The minimum Gasteiger partial charge on any atom is -0.490 e. The molecule has 1 atom stereocenters. The number of nitrogens with one attached hydrogen (secondary N) is 4. The van der Waals surface area contributed by atoms with Gasteiger partial charge in [0.25, 0.3) is 15.9 Å². The highest BCUT2D eigenvalue weighted by atomic mass is 32.2. The highest BCUT2D eigenvalue weighted by Crippen LogP contribution is 2.33. The number of hydrogen-bond donors (Lipinski definition) is 5. The summed E-state index contributed by atoms with van der Waals surface area (Å²) in [6, 6.07) is 15.8. The van der Waals surface area contributed by atoms with E-state index in [0.717, 1.165) is 0 Å². The molecule has 1 amide bonds. The predicted molar refractivity (Wildman–Crippen MR) is 152 cm³/mol. The van der Waals surface area contributed by atoms with Gasteiger partial charge >= 0.3 is 0 Å². The van der Waals surface area contributed by atoms with E-state index in [1.165, 1.54) is 31.2 Å². The molecule has 3 rings (SSSR count). The molecule has 0 bridgehead atoms. The minimum absolute atomic E-state index is 0.103.